The molecule has 0 spiro atoms. The largest absolute Gasteiger partial charge is 0.494 e. The van der Waals surface area contributed by atoms with E-state index in [1.165, 1.54) is 12.8 Å². The van der Waals surface area contributed by atoms with Crippen LogP contribution in [0.25, 0.3) is 33.6 Å². The minimum atomic E-state index is -0.0202. The van der Waals surface area contributed by atoms with Crippen molar-refractivity contribution in [2.75, 3.05) is 20.2 Å². The summed E-state index contributed by atoms with van der Waals surface area (Å²) in [4.78, 5) is 24.9. The molecule has 1 aliphatic heterocycles. The number of nitrogens with zero attached hydrogens (tertiary/aromatic N) is 5. The van der Waals surface area contributed by atoms with E-state index in [4.69, 9.17) is 20.4 Å². The van der Waals surface area contributed by atoms with Crippen LogP contribution in [0.5, 0.6) is 5.75 Å². The number of ether oxygens (including phenoxy) is 1. The van der Waals surface area contributed by atoms with Crippen LogP contribution in [0.3, 0.4) is 0 Å². The quantitative estimate of drug-likeness (QED) is 0.472. The van der Waals surface area contributed by atoms with Crippen LogP contribution in [0.1, 0.15) is 49.0 Å². The first-order chi connectivity index (χ1) is 17.0. The molecule has 1 saturated heterocycles. The van der Waals surface area contributed by atoms with Crippen molar-refractivity contribution in [1.82, 2.24) is 24.0 Å². The van der Waals surface area contributed by atoms with Gasteiger partial charge in [0.2, 0.25) is 0 Å². The number of piperidine rings is 1. The van der Waals surface area contributed by atoms with Gasteiger partial charge in [-0.2, -0.15) is 0 Å². The van der Waals surface area contributed by atoms with E-state index in [0.717, 1.165) is 53.0 Å². The number of methoxy groups -OCH3 is 1. The van der Waals surface area contributed by atoms with Crippen molar-refractivity contribution in [2.45, 2.75) is 44.7 Å². The number of benzene rings is 1. The van der Waals surface area contributed by atoms with Gasteiger partial charge in [0, 0.05) is 49.4 Å². The predicted molar refractivity (Wildman–Crippen MR) is 137 cm³/mol. The van der Waals surface area contributed by atoms with Gasteiger partial charge >= 0.3 is 0 Å². The molecule has 4 aromatic rings. The highest BCUT2D eigenvalue weighted by atomic mass is 16.5. The van der Waals surface area contributed by atoms with Crippen molar-refractivity contribution in [3.8, 4) is 17.3 Å². The van der Waals surface area contributed by atoms with E-state index in [1.54, 1.807) is 7.11 Å². The number of hydrogen-bond donors (Lipinski definition) is 1. The lowest BCUT2D eigenvalue weighted by Crippen LogP contribution is -2.45. The normalized spacial score (nSPS) is 19.4. The highest BCUT2D eigenvalue weighted by Crippen LogP contribution is 2.43. The predicted octanol–water partition coefficient (Wildman–Crippen LogP) is 4.13. The number of carbonyl (C=O) groups is 1. The number of pyridine rings is 1. The van der Waals surface area contributed by atoms with E-state index in [2.05, 4.69) is 28.2 Å². The monoisotopic (exact) mass is 472 g/mol. The minimum absolute atomic E-state index is 0.0202. The zero-order chi connectivity index (χ0) is 24.3. The molecule has 182 valence electrons. The minimum Gasteiger partial charge on any atom is -0.494 e. The second-order valence-corrected chi connectivity index (χ2v) is 10.1. The van der Waals surface area contributed by atoms with Crippen molar-refractivity contribution < 1.29 is 9.53 Å². The molecule has 35 heavy (non-hydrogen) atoms. The Morgan fingerprint density at radius 2 is 2.06 bits per heavy atom. The van der Waals surface area contributed by atoms with Gasteiger partial charge in [0.15, 0.2) is 5.82 Å². The molecule has 1 aliphatic carbocycles. The number of amides is 1. The molecule has 2 fully saturated rings. The van der Waals surface area contributed by atoms with Crippen LogP contribution in [-0.4, -0.2) is 56.2 Å². The lowest BCUT2D eigenvalue weighted by molar-refractivity contribution is 0.0708. The van der Waals surface area contributed by atoms with Crippen LogP contribution in [0.4, 0.5) is 0 Å². The Morgan fingerprint density at radius 3 is 2.80 bits per heavy atom. The van der Waals surface area contributed by atoms with Gasteiger partial charge in [-0.1, -0.05) is 0 Å². The van der Waals surface area contributed by atoms with Crippen LogP contribution in [-0.2, 0) is 7.05 Å². The SMILES string of the molecule is COc1cc(C(=O)N2CCC[C@@H](N)C2)cc2nc(-c3cc4cccnc4n3[C@@H](C)C3CC3)n(C)c12. The van der Waals surface area contributed by atoms with Crippen LogP contribution < -0.4 is 10.5 Å². The van der Waals surface area contributed by atoms with E-state index < -0.39 is 0 Å². The molecule has 0 unspecified atom stereocenters. The molecule has 8 heteroatoms. The Hall–Kier alpha value is -3.39. The molecular weight excluding hydrogens is 440 g/mol. The van der Waals surface area contributed by atoms with E-state index in [9.17, 15) is 4.79 Å². The molecule has 1 saturated carbocycles. The maximum Gasteiger partial charge on any atom is 0.254 e. The van der Waals surface area contributed by atoms with E-state index in [-0.39, 0.29) is 11.9 Å². The summed E-state index contributed by atoms with van der Waals surface area (Å²) in [6.07, 6.45) is 6.23. The van der Waals surface area contributed by atoms with Gasteiger partial charge in [0.25, 0.3) is 5.91 Å². The third kappa shape index (κ3) is 3.67. The molecule has 4 heterocycles. The number of carbonyl (C=O) groups excluding carboxylic acids is 1. The van der Waals surface area contributed by atoms with Gasteiger partial charge in [-0.15, -0.1) is 0 Å². The Bertz CT molecular complexity index is 1430. The number of imidazole rings is 1. The maximum absolute atomic E-state index is 13.3. The standard InChI is InChI=1S/C27H32N6O2/c1-16(17-8-9-17)33-22(13-18-6-4-10-29-25(18)33)26-30-21-12-19(14-23(35-3)24(21)31(26)2)27(34)32-11-5-7-20(28)15-32/h4,6,10,12-14,16-17,20H,5,7-9,11,15,28H2,1-3H3/t16-,20+/m0/s1. The summed E-state index contributed by atoms with van der Waals surface area (Å²) in [7, 11) is 3.65. The van der Waals surface area contributed by atoms with Gasteiger partial charge < -0.3 is 24.5 Å². The van der Waals surface area contributed by atoms with Gasteiger partial charge in [-0.05, 0) is 68.9 Å². The van der Waals surface area contributed by atoms with Crippen molar-refractivity contribution in [2.24, 2.45) is 18.7 Å². The Balaban J connectivity index is 1.49. The fraction of sp³-hybridized carbons (Fsp3) is 0.444. The third-order valence-corrected chi connectivity index (χ3v) is 7.68. The highest BCUT2D eigenvalue weighted by Gasteiger charge is 2.33. The van der Waals surface area contributed by atoms with Crippen molar-refractivity contribution >= 4 is 28.0 Å². The number of rotatable bonds is 5. The summed E-state index contributed by atoms with van der Waals surface area (Å²) in [5.74, 6) is 2.13. The van der Waals surface area contributed by atoms with Crippen molar-refractivity contribution in [3.05, 3.63) is 42.1 Å². The third-order valence-electron chi connectivity index (χ3n) is 7.68. The number of aryl methyl sites for hydroxylation is 1. The molecule has 8 nitrogen and oxygen atoms in total. The smallest absolute Gasteiger partial charge is 0.254 e. The van der Waals surface area contributed by atoms with Crippen molar-refractivity contribution in [3.63, 3.8) is 0 Å². The summed E-state index contributed by atoms with van der Waals surface area (Å²) in [5.41, 5.74) is 10.4. The highest BCUT2D eigenvalue weighted by molar-refractivity contribution is 6.00. The van der Waals surface area contributed by atoms with Crippen LogP contribution >= 0.6 is 0 Å². The van der Waals surface area contributed by atoms with Crippen LogP contribution in [0.15, 0.2) is 36.5 Å². The molecule has 2 atom stereocenters. The molecule has 2 aliphatic rings. The average Bonchev–Trinajstić information content (AvgIpc) is 3.57. The average molecular weight is 473 g/mol. The molecule has 0 radical (unpaired) electrons. The first kappa shape index (κ1) is 22.1. The molecule has 0 bridgehead atoms. The summed E-state index contributed by atoms with van der Waals surface area (Å²) < 4.78 is 10.2. The van der Waals surface area contributed by atoms with Gasteiger partial charge in [-0.25, -0.2) is 9.97 Å². The lowest BCUT2D eigenvalue weighted by atomic mass is 10.0. The molecule has 6 rings (SSSR count). The molecule has 3 aromatic heterocycles. The van der Waals surface area contributed by atoms with E-state index >= 15 is 0 Å². The number of likely N-dealkylation sites (tertiary alicyclic amines) is 1. The lowest BCUT2D eigenvalue weighted by Gasteiger charge is -2.30. The zero-order valence-electron chi connectivity index (χ0n) is 20.6. The van der Waals surface area contributed by atoms with Gasteiger partial charge in [-0.3, -0.25) is 4.79 Å². The fourth-order valence-electron chi connectivity index (χ4n) is 5.62. The van der Waals surface area contributed by atoms with Crippen molar-refractivity contribution in [1.29, 1.82) is 0 Å². The zero-order valence-corrected chi connectivity index (χ0v) is 20.6. The molecular formula is C27H32N6O2. The summed E-state index contributed by atoms with van der Waals surface area (Å²) in [6.45, 7) is 3.59. The van der Waals surface area contributed by atoms with E-state index in [1.807, 2.05) is 36.3 Å². The Kier molecular flexibility index (Phi) is 5.29. The Morgan fingerprint density at radius 1 is 1.23 bits per heavy atom. The maximum atomic E-state index is 13.3. The number of hydrogen-bond acceptors (Lipinski definition) is 5. The summed E-state index contributed by atoms with van der Waals surface area (Å²) in [5, 5.41) is 1.10. The molecule has 2 N–H and O–H groups in total. The number of aromatic nitrogens is 4. The van der Waals surface area contributed by atoms with E-state index in [0.29, 0.717) is 29.8 Å². The topological polar surface area (TPSA) is 91.2 Å². The van der Waals surface area contributed by atoms with Crippen LogP contribution in [0.2, 0.25) is 0 Å². The van der Waals surface area contributed by atoms with Gasteiger partial charge in [0.1, 0.15) is 16.9 Å². The number of fused-ring (bicyclic) bond motifs is 2. The first-order valence-electron chi connectivity index (χ1n) is 12.5. The fourth-order valence-corrected chi connectivity index (χ4v) is 5.62. The van der Waals surface area contributed by atoms with Gasteiger partial charge in [0.05, 0.1) is 18.3 Å². The van der Waals surface area contributed by atoms with Crippen LogP contribution in [0, 0.1) is 5.92 Å². The Labute approximate surface area is 204 Å². The summed E-state index contributed by atoms with van der Waals surface area (Å²) in [6, 6.07) is 10.3. The molecule has 1 amide bonds. The first-order valence-corrected chi connectivity index (χ1v) is 12.5. The second-order valence-electron chi connectivity index (χ2n) is 10.1. The second kappa shape index (κ2) is 8.37. The molecule has 1 aromatic carbocycles. The summed E-state index contributed by atoms with van der Waals surface area (Å²) >= 11 is 0. The number of nitrogens with two attached hydrogens (primary N) is 1.